The van der Waals surface area contributed by atoms with Gasteiger partial charge in [0.25, 0.3) is 0 Å². The molecule has 4 nitrogen and oxygen atoms in total. The molecule has 0 aliphatic carbocycles. The highest BCUT2D eigenvalue weighted by molar-refractivity contribution is 9.10. The first-order valence-electron chi connectivity index (χ1n) is 4.88. The van der Waals surface area contributed by atoms with Crippen LogP contribution in [0.5, 0.6) is 0 Å². The molecule has 0 fully saturated rings. The SMILES string of the molecule is CCC(Nc1c(F)cc(Br)cc1F)C(N)=NO. The van der Waals surface area contributed by atoms with Crippen molar-refractivity contribution in [2.24, 2.45) is 10.9 Å². The Bertz CT molecular complexity index is 417. The number of hydrogen-bond donors (Lipinski definition) is 3. The number of amidine groups is 1. The molecule has 1 rings (SSSR count). The van der Waals surface area contributed by atoms with Crippen molar-refractivity contribution in [3.8, 4) is 0 Å². The Hall–Kier alpha value is -1.37. The molecule has 1 atom stereocenters. The number of nitrogens with two attached hydrogens (primary N) is 1. The largest absolute Gasteiger partial charge is 0.409 e. The highest BCUT2D eigenvalue weighted by atomic mass is 79.9. The van der Waals surface area contributed by atoms with Gasteiger partial charge in [-0.25, -0.2) is 8.78 Å². The van der Waals surface area contributed by atoms with Gasteiger partial charge in [0.05, 0.1) is 6.04 Å². The molecular weight excluding hydrogens is 296 g/mol. The van der Waals surface area contributed by atoms with Gasteiger partial charge < -0.3 is 16.3 Å². The van der Waals surface area contributed by atoms with E-state index in [0.717, 1.165) is 12.1 Å². The molecule has 0 bridgehead atoms. The van der Waals surface area contributed by atoms with Crippen molar-refractivity contribution in [2.45, 2.75) is 19.4 Å². The van der Waals surface area contributed by atoms with E-state index in [2.05, 4.69) is 26.4 Å². The van der Waals surface area contributed by atoms with Crippen LogP contribution in [0.1, 0.15) is 13.3 Å². The fourth-order valence-corrected chi connectivity index (χ4v) is 1.71. The first-order valence-corrected chi connectivity index (χ1v) is 5.67. The molecule has 17 heavy (non-hydrogen) atoms. The zero-order valence-corrected chi connectivity index (χ0v) is 10.6. The zero-order chi connectivity index (χ0) is 13.0. The third-order valence-electron chi connectivity index (χ3n) is 2.21. The monoisotopic (exact) mass is 307 g/mol. The molecule has 0 amide bonds. The van der Waals surface area contributed by atoms with Gasteiger partial charge in [0.2, 0.25) is 0 Å². The molecule has 4 N–H and O–H groups in total. The minimum atomic E-state index is -0.749. The molecule has 1 aromatic carbocycles. The molecule has 0 saturated heterocycles. The molecule has 0 spiro atoms. The lowest BCUT2D eigenvalue weighted by Crippen LogP contribution is -2.35. The van der Waals surface area contributed by atoms with Crippen LogP contribution in [-0.4, -0.2) is 17.1 Å². The number of oxime groups is 1. The number of benzene rings is 1. The zero-order valence-electron chi connectivity index (χ0n) is 9.04. The van der Waals surface area contributed by atoms with E-state index in [4.69, 9.17) is 10.9 Å². The topological polar surface area (TPSA) is 70.6 Å². The van der Waals surface area contributed by atoms with Gasteiger partial charge in [-0.2, -0.15) is 0 Å². The Morgan fingerprint density at radius 1 is 1.53 bits per heavy atom. The minimum absolute atomic E-state index is 0.130. The lowest BCUT2D eigenvalue weighted by molar-refractivity contribution is 0.316. The summed E-state index contributed by atoms with van der Waals surface area (Å²) in [6.07, 6.45) is 0.421. The Kier molecular flexibility index (Phi) is 4.68. The summed E-state index contributed by atoms with van der Waals surface area (Å²) in [5.74, 6) is -1.63. The van der Waals surface area contributed by atoms with E-state index in [-0.39, 0.29) is 11.5 Å². The smallest absolute Gasteiger partial charge is 0.161 e. The average molecular weight is 308 g/mol. The van der Waals surface area contributed by atoms with E-state index in [9.17, 15) is 8.78 Å². The van der Waals surface area contributed by atoms with Crippen LogP contribution in [0.2, 0.25) is 0 Å². The van der Waals surface area contributed by atoms with Crippen LogP contribution in [-0.2, 0) is 0 Å². The van der Waals surface area contributed by atoms with Crippen LogP contribution < -0.4 is 11.1 Å². The fraction of sp³-hybridized carbons (Fsp3) is 0.300. The van der Waals surface area contributed by atoms with Gasteiger partial charge in [-0.15, -0.1) is 0 Å². The van der Waals surface area contributed by atoms with Crippen LogP contribution in [0.3, 0.4) is 0 Å². The molecule has 7 heteroatoms. The summed E-state index contributed by atoms with van der Waals surface area (Å²) in [7, 11) is 0. The highest BCUT2D eigenvalue weighted by Crippen LogP contribution is 2.24. The van der Waals surface area contributed by atoms with Crippen LogP contribution in [0.25, 0.3) is 0 Å². The van der Waals surface area contributed by atoms with Crippen molar-refractivity contribution in [1.82, 2.24) is 0 Å². The van der Waals surface area contributed by atoms with E-state index in [1.807, 2.05) is 0 Å². The molecule has 94 valence electrons. The van der Waals surface area contributed by atoms with Crippen molar-refractivity contribution >= 4 is 27.5 Å². The van der Waals surface area contributed by atoms with Crippen LogP contribution in [0.15, 0.2) is 21.8 Å². The van der Waals surface area contributed by atoms with Crippen LogP contribution >= 0.6 is 15.9 Å². The van der Waals surface area contributed by atoms with E-state index in [0.29, 0.717) is 10.9 Å². The maximum Gasteiger partial charge on any atom is 0.161 e. The second-order valence-electron chi connectivity index (χ2n) is 3.37. The second-order valence-corrected chi connectivity index (χ2v) is 4.29. The van der Waals surface area contributed by atoms with Gasteiger partial charge in [0.1, 0.15) is 17.3 Å². The normalized spacial score (nSPS) is 13.5. The lowest BCUT2D eigenvalue weighted by atomic mass is 10.2. The minimum Gasteiger partial charge on any atom is -0.409 e. The highest BCUT2D eigenvalue weighted by Gasteiger charge is 2.17. The molecule has 0 heterocycles. The number of nitrogens with zero attached hydrogens (tertiary/aromatic N) is 1. The van der Waals surface area contributed by atoms with E-state index >= 15 is 0 Å². The van der Waals surface area contributed by atoms with Gasteiger partial charge >= 0.3 is 0 Å². The number of hydrogen-bond acceptors (Lipinski definition) is 3. The first kappa shape index (κ1) is 13.7. The van der Waals surface area contributed by atoms with E-state index < -0.39 is 17.7 Å². The van der Waals surface area contributed by atoms with Crippen molar-refractivity contribution in [3.05, 3.63) is 28.2 Å². The van der Waals surface area contributed by atoms with E-state index in [1.54, 1.807) is 6.92 Å². The number of halogens is 3. The van der Waals surface area contributed by atoms with Crippen molar-refractivity contribution in [3.63, 3.8) is 0 Å². The summed E-state index contributed by atoms with van der Waals surface area (Å²) in [6.45, 7) is 1.74. The molecule has 0 radical (unpaired) electrons. The molecule has 0 aliphatic rings. The second kappa shape index (κ2) is 5.81. The van der Waals surface area contributed by atoms with Gasteiger partial charge in [0, 0.05) is 4.47 Å². The standard InChI is InChI=1S/C10H12BrF2N3O/c1-2-8(10(14)16-17)15-9-6(12)3-5(11)4-7(9)13/h3-4,8,15,17H,2H2,1H3,(H2,14,16). The number of nitrogens with one attached hydrogen (secondary N) is 1. The van der Waals surface area contributed by atoms with Crippen LogP contribution in [0, 0.1) is 11.6 Å². The predicted molar refractivity (Wildman–Crippen MR) is 65.2 cm³/mol. The van der Waals surface area contributed by atoms with Crippen molar-refractivity contribution < 1.29 is 14.0 Å². The van der Waals surface area contributed by atoms with Gasteiger partial charge in [-0.1, -0.05) is 28.0 Å². The molecule has 0 aliphatic heterocycles. The summed E-state index contributed by atoms with van der Waals surface area (Å²) in [5, 5.41) is 13.9. The quantitative estimate of drug-likeness (QED) is 0.347. The van der Waals surface area contributed by atoms with Gasteiger partial charge in [-0.3, -0.25) is 0 Å². The lowest BCUT2D eigenvalue weighted by Gasteiger charge is -2.17. The molecule has 0 aromatic heterocycles. The summed E-state index contributed by atoms with van der Waals surface area (Å²) >= 11 is 2.98. The van der Waals surface area contributed by atoms with Gasteiger partial charge in [-0.05, 0) is 18.6 Å². The maximum atomic E-state index is 13.5. The third-order valence-corrected chi connectivity index (χ3v) is 2.66. The Morgan fingerprint density at radius 2 is 2.06 bits per heavy atom. The number of anilines is 1. The first-order chi connectivity index (χ1) is 7.99. The van der Waals surface area contributed by atoms with Crippen molar-refractivity contribution in [2.75, 3.05) is 5.32 Å². The molecule has 1 unspecified atom stereocenters. The van der Waals surface area contributed by atoms with Crippen molar-refractivity contribution in [1.29, 1.82) is 0 Å². The summed E-state index contributed by atoms with van der Waals surface area (Å²) < 4.78 is 27.3. The summed E-state index contributed by atoms with van der Waals surface area (Å²) in [6, 6.07) is 1.62. The summed E-state index contributed by atoms with van der Waals surface area (Å²) in [5.41, 5.74) is 5.09. The summed E-state index contributed by atoms with van der Waals surface area (Å²) in [4.78, 5) is 0. The Morgan fingerprint density at radius 3 is 2.47 bits per heavy atom. The molecular formula is C10H12BrF2N3O. The molecule has 0 saturated carbocycles. The average Bonchev–Trinajstić information content (AvgIpc) is 2.27. The predicted octanol–water partition coefficient (Wildman–Crippen LogP) is 2.66. The fourth-order valence-electron chi connectivity index (χ4n) is 1.31. The Labute approximate surface area is 106 Å². The van der Waals surface area contributed by atoms with E-state index in [1.165, 1.54) is 0 Å². The number of rotatable bonds is 4. The Balaban J connectivity index is 3.02. The van der Waals surface area contributed by atoms with Crippen LogP contribution in [0.4, 0.5) is 14.5 Å². The maximum absolute atomic E-state index is 13.5. The molecule has 1 aromatic rings. The third kappa shape index (κ3) is 3.29. The van der Waals surface area contributed by atoms with Gasteiger partial charge in [0.15, 0.2) is 5.84 Å².